The van der Waals surface area contributed by atoms with Crippen molar-refractivity contribution in [1.29, 1.82) is 0 Å². The quantitative estimate of drug-likeness (QED) is 0.752. The van der Waals surface area contributed by atoms with E-state index in [2.05, 4.69) is 45.9 Å². The van der Waals surface area contributed by atoms with Crippen LogP contribution in [0.2, 0.25) is 0 Å². The molecule has 1 atom stereocenters. The maximum atomic E-state index is 5.45. The minimum Gasteiger partial charge on any atom is -0.496 e. The van der Waals surface area contributed by atoms with Gasteiger partial charge in [-0.25, -0.2) is 0 Å². The third-order valence-electron chi connectivity index (χ3n) is 3.84. The van der Waals surface area contributed by atoms with Crippen LogP contribution in [0, 0.1) is 5.92 Å². The van der Waals surface area contributed by atoms with Crippen molar-refractivity contribution in [2.45, 2.75) is 26.3 Å². The molecule has 23 heavy (non-hydrogen) atoms. The van der Waals surface area contributed by atoms with Crippen LogP contribution in [0.4, 0.5) is 5.82 Å². The fraction of sp³-hybridized carbons (Fsp3) is 0.375. The van der Waals surface area contributed by atoms with E-state index < -0.39 is 0 Å². The lowest BCUT2D eigenvalue weighted by atomic mass is 9.96. The summed E-state index contributed by atoms with van der Waals surface area (Å²) in [5, 5.41) is 19.1. The van der Waals surface area contributed by atoms with E-state index in [1.807, 2.05) is 30.3 Å². The third kappa shape index (κ3) is 3.39. The molecule has 0 saturated carbocycles. The molecular formula is C16H20N6O. The second-order valence-corrected chi connectivity index (χ2v) is 5.76. The van der Waals surface area contributed by atoms with Gasteiger partial charge in [0.05, 0.1) is 7.11 Å². The molecule has 0 saturated heterocycles. The Morgan fingerprint density at radius 1 is 1.17 bits per heavy atom. The largest absolute Gasteiger partial charge is 0.496 e. The summed E-state index contributed by atoms with van der Waals surface area (Å²) >= 11 is 0. The monoisotopic (exact) mass is 312 g/mol. The highest BCUT2D eigenvalue weighted by Crippen LogP contribution is 2.22. The first kappa shape index (κ1) is 15.2. The molecule has 0 amide bonds. The lowest BCUT2D eigenvalue weighted by Crippen LogP contribution is -2.29. The number of para-hydroxylation sites is 1. The Morgan fingerprint density at radius 2 is 2.00 bits per heavy atom. The van der Waals surface area contributed by atoms with Crippen molar-refractivity contribution in [2.24, 2.45) is 5.92 Å². The van der Waals surface area contributed by atoms with Gasteiger partial charge in [-0.3, -0.25) is 0 Å². The summed E-state index contributed by atoms with van der Waals surface area (Å²) in [5.74, 6) is 2.08. The first-order chi connectivity index (χ1) is 11.2. The summed E-state index contributed by atoms with van der Waals surface area (Å²) in [4.78, 5) is 0. The molecule has 0 radical (unpaired) electrons. The number of aromatic nitrogens is 5. The lowest BCUT2D eigenvalue weighted by molar-refractivity contribution is 0.405. The van der Waals surface area contributed by atoms with E-state index >= 15 is 0 Å². The molecule has 0 aliphatic carbocycles. The Bertz CT molecular complexity index is 785. The highest BCUT2D eigenvalue weighted by molar-refractivity contribution is 5.43. The molecule has 0 aliphatic heterocycles. The number of ether oxygens (including phenoxy) is 1. The van der Waals surface area contributed by atoms with Crippen molar-refractivity contribution in [2.75, 3.05) is 12.4 Å². The van der Waals surface area contributed by atoms with E-state index in [4.69, 9.17) is 4.74 Å². The molecule has 2 heterocycles. The summed E-state index contributed by atoms with van der Waals surface area (Å²) in [7, 11) is 1.70. The number of anilines is 1. The Balaban J connectivity index is 1.81. The molecule has 0 spiro atoms. The molecule has 0 bridgehead atoms. The Hall–Kier alpha value is -2.70. The van der Waals surface area contributed by atoms with Crippen molar-refractivity contribution >= 4 is 11.5 Å². The van der Waals surface area contributed by atoms with Crippen LogP contribution in [0.3, 0.4) is 0 Å². The van der Waals surface area contributed by atoms with Crippen LogP contribution in [-0.2, 0) is 6.42 Å². The molecule has 7 heteroatoms. The Morgan fingerprint density at radius 3 is 2.78 bits per heavy atom. The molecule has 3 rings (SSSR count). The van der Waals surface area contributed by atoms with Gasteiger partial charge in [0.15, 0.2) is 5.65 Å². The second-order valence-electron chi connectivity index (χ2n) is 5.76. The smallest absolute Gasteiger partial charge is 0.200 e. The fourth-order valence-electron chi connectivity index (χ4n) is 2.48. The number of benzene rings is 1. The van der Waals surface area contributed by atoms with Gasteiger partial charge < -0.3 is 10.1 Å². The van der Waals surface area contributed by atoms with E-state index in [0.29, 0.717) is 11.6 Å². The van der Waals surface area contributed by atoms with Gasteiger partial charge in [-0.05, 0) is 46.5 Å². The van der Waals surface area contributed by atoms with Crippen molar-refractivity contribution in [3.8, 4) is 5.75 Å². The van der Waals surface area contributed by atoms with Crippen molar-refractivity contribution in [3.63, 3.8) is 0 Å². The average molecular weight is 312 g/mol. The zero-order valence-corrected chi connectivity index (χ0v) is 13.5. The predicted molar refractivity (Wildman–Crippen MR) is 87.5 cm³/mol. The normalized spacial score (nSPS) is 12.5. The maximum Gasteiger partial charge on any atom is 0.200 e. The number of hydrogen-bond acceptors (Lipinski definition) is 6. The summed E-state index contributed by atoms with van der Waals surface area (Å²) in [6, 6.07) is 12.0. The number of nitrogens with one attached hydrogen (secondary N) is 1. The van der Waals surface area contributed by atoms with Crippen LogP contribution >= 0.6 is 0 Å². The minimum atomic E-state index is 0.215. The topological polar surface area (TPSA) is 77.2 Å². The molecule has 1 aromatic carbocycles. The van der Waals surface area contributed by atoms with E-state index in [9.17, 15) is 0 Å². The number of hydrogen-bond donors (Lipinski definition) is 1. The molecule has 0 aliphatic rings. The zero-order chi connectivity index (χ0) is 16.2. The molecule has 7 nitrogen and oxygen atoms in total. The number of tetrazole rings is 1. The molecule has 120 valence electrons. The molecule has 3 aromatic rings. The fourth-order valence-corrected chi connectivity index (χ4v) is 2.48. The standard InChI is InChI=1S/C16H20N6O/c1-11(2)13(10-12-6-4-5-7-14(12)23-3)17-15-8-9-16-18-20-21-22(16)19-15/h4-9,11,13H,10H2,1-3H3,(H,17,19). The van der Waals surface area contributed by atoms with Crippen LogP contribution in [0.25, 0.3) is 5.65 Å². The van der Waals surface area contributed by atoms with Crippen LogP contribution in [-0.4, -0.2) is 38.4 Å². The number of rotatable bonds is 6. The van der Waals surface area contributed by atoms with Crippen LogP contribution < -0.4 is 10.1 Å². The predicted octanol–water partition coefficient (Wildman–Crippen LogP) is 2.21. The molecule has 1 unspecified atom stereocenters. The van der Waals surface area contributed by atoms with E-state index in [1.165, 1.54) is 10.2 Å². The summed E-state index contributed by atoms with van der Waals surface area (Å²) < 4.78 is 6.87. The molecule has 2 aromatic heterocycles. The lowest BCUT2D eigenvalue weighted by Gasteiger charge is -2.23. The molecule has 0 fully saturated rings. The van der Waals surface area contributed by atoms with Gasteiger partial charge in [0.1, 0.15) is 11.6 Å². The van der Waals surface area contributed by atoms with Crippen molar-refractivity contribution in [3.05, 3.63) is 42.0 Å². The highest BCUT2D eigenvalue weighted by Gasteiger charge is 2.17. The Labute approximate surface area is 134 Å². The van der Waals surface area contributed by atoms with Gasteiger partial charge >= 0.3 is 0 Å². The first-order valence-corrected chi connectivity index (χ1v) is 7.61. The van der Waals surface area contributed by atoms with Crippen LogP contribution in [0.15, 0.2) is 36.4 Å². The van der Waals surface area contributed by atoms with Crippen molar-refractivity contribution in [1.82, 2.24) is 25.3 Å². The van der Waals surface area contributed by atoms with Gasteiger partial charge in [-0.2, -0.15) is 0 Å². The number of fused-ring (bicyclic) bond motifs is 1. The molecular weight excluding hydrogens is 292 g/mol. The van der Waals surface area contributed by atoms with Gasteiger partial charge in [0.2, 0.25) is 0 Å². The second kappa shape index (κ2) is 6.60. The molecule has 1 N–H and O–H groups in total. The van der Waals surface area contributed by atoms with Gasteiger partial charge in [0, 0.05) is 6.04 Å². The first-order valence-electron chi connectivity index (χ1n) is 7.61. The Kier molecular flexibility index (Phi) is 4.36. The van der Waals surface area contributed by atoms with Crippen molar-refractivity contribution < 1.29 is 4.74 Å². The SMILES string of the molecule is COc1ccccc1CC(Nc1ccc2nnnn2n1)C(C)C. The van der Waals surface area contributed by atoms with Gasteiger partial charge in [-0.15, -0.1) is 14.8 Å². The highest BCUT2D eigenvalue weighted by atomic mass is 16.5. The summed E-state index contributed by atoms with van der Waals surface area (Å²) in [6.45, 7) is 4.37. The zero-order valence-electron chi connectivity index (χ0n) is 13.5. The van der Waals surface area contributed by atoms with Gasteiger partial charge in [-0.1, -0.05) is 32.0 Å². The minimum absolute atomic E-state index is 0.215. The average Bonchev–Trinajstić information content (AvgIpc) is 3.02. The van der Waals surface area contributed by atoms with Gasteiger partial charge in [0.25, 0.3) is 0 Å². The summed E-state index contributed by atoms with van der Waals surface area (Å²) in [5.41, 5.74) is 1.80. The third-order valence-corrected chi connectivity index (χ3v) is 3.84. The maximum absolute atomic E-state index is 5.45. The van der Waals surface area contributed by atoms with E-state index in [0.717, 1.165) is 18.0 Å². The van der Waals surface area contributed by atoms with Crippen LogP contribution in [0.1, 0.15) is 19.4 Å². The van der Waals surface area contributed by atoms with Crippen LogP contribution in [0.5, 0.6) is 5.75 Å². The number of nitrogens with zero attached hydrogens (tertiary/aromatic N) is 5. The van der Waals surface area contributed by atoms with E-state index in [-0.39, 0.29) is 6.04 Å². The summed E-state index contributed by atoms with van der Waals surface area (Å²) in [6.07, 6.45) is 0.844. The van der Waals surface area contributed by atoms with E-state index in [1.54, 1.807) is 7.11 Å². The number of methoxy groups -OCH3 is 1.